The summed E-state index contributed by atoms with van der Waals surface area (Å²) in [5.41, 5.74) is 0.852. The molecule has 1 heterocycles. The summed E-state index contributed by atoms with van der Waals surface area (Å²) in [5.74, 6) is -0.534. The number of hydrogen-bond donors (Lipinski definition) is 2. The molecule has 2 rings (SSSR count). The molecule has 2 aromatic rings. The Kier molecular flexibility index (Phi) is 4.65. The third-order valence-corrected chi connectivity index (χ3v) is 2.67. The second kappa shape index (κ2) is 6.65. The predicted octanol–water partition coefficient (Wildman–Crippen LogP) is 3.29. The molecular weight excluding hydrogens is 257 g/mol. The van der Waals surface area contributed by atoms with Gasteiger partial charge in [0.1, 0.15) is 11.6 Å². The van der Waals surface area contributed by atoms with Gasteiger partial charge in [-0.05, 0) is 24.6 Å². The summed E-state index contributed by atoms with van der Waals surface area (Å²) in [4.78, 5) is 16.1. The molecule has 104 valence electrons. The SMILES string of the molecule is CCCNc1ncc(F)cc1C(=O)Nc1ccccc1. The molecule has 1 aromatic heterocycles. The number of rotatable bonds is 5. The minimum absolute atomic E-state index is 0.197. The topological polar surface area (TPSA) is 54.0 Å². The molecule has 5 heteroatoms. The molecule has 0 unspecified atom stereocenters. The van der Waals surface area contributed by atoms with Crippen molar-refractivity contribution in [3.63, 3.8) is 0 Å². The summed E-state index contributed by atoms with van der Waals surface area (Å²) in [6.07, 6.45) is 1.98. The van der Waals surface area contributed by atoms with Crippen molar-refractivity contribution in [2.75, 3.05) is 17.2 Å². The number of para-hydroxylation sites is 1. The summed E-state index contributed by atoms with van der Waals surface area (Å²) >= 11 is 0. The molecule has 0 atom stereocenters. The van der Waals surface area contributed by atoms with E-state index < -0.39 is 5.82 Å². The average Bonchev–Trinajstić information content (AvgIpc) is 2.47. The normalized spacial score (nSPS) is 10.1. The number of carbonyl (C=O) groups excluding carboxylic acids is 1. The van der Waals surface area contributed by atoms with Crippen LogP contribution in [0, 0.1) is 5.82 Å². The molecule has 0 fully saturated rings. The van der Waals surface area contributed by atoms with Gasteiger partial charge in [-0.3, -0.25) is 4.79 Å². The lowest BCUT2D eigenvalue weighted by atomic mass is 10.2. The average molecular weight is 273 g/mol. The van der Waals surface area contributed by atoms with Crippen LogP contribution in [-0.4, -0.2) is 17.4 Å². The molecule has 2 N–H and O–H groups in total. The number of aromatic nitrogens is 1. The van der Waals surface area contributed by atoms with Crippen molar-refractivity contribution in [2.45, 2.75) is 13.3 Å². The van der Waals surface area contributed by atoms with Crippen LogP contribution in [0.3, 0.4) is 0 Å². The number of nitrogens with zero attached hydrogens (tertiary/aromatic N) is 1. The van der Waals surface area contributed by atoms with E-state index in [-0.39, 0.29) is 11.5 Å². The van der Waals surface area contributed by atoms with Crippen molar-refractivity contribution in [1.29, 1.82) is 0 Å². The molecule has 0 bridgehead atoms. The van der Waals surface area contributed by atoms with Crippen LogP contribution >= 0.6 is 0 Å². The largest absolute Gasteiger partial charge is 0.369 e. The second-order valence-corrected chi connectivity index (χ2v) is 4.30. The first-order valence-corrected chi connectivity index (χ1v) is 6.46. The van der Waals surface area contributed by atoms with Crippen molar-refractivity contribution in [3.8, 4) is 0 Å². The maximum Gasteiger partial charge on any atom is 0.259 e. The van der Waals surface area contributed by atoms with Crippen LogP contribution in [0.2, 0.25) is 0 Å². The maximum absolute atomic E-state index is 13.3. The molecule has 0 radical (unpaired) electrons. The summed E-state index contributed by atoms with van der Waals surface area (Å²) in [6.45, 7) is 2.67. The zero-order valence-electron chi connectivity index (χ0n) is 11.2. The first-order chi connectivity index (χ1) is 9.70. The van der Waals surface area contributed by atoms with Gasteiger partial charge in [0, 0.05) is 12.2 Å². The van der Waals surface area contributed by atoms with Crippen LogP contribution in [0.4, 0.5) is 15.9 Å². The number of halogens is 1. The Balaban J connectivity index is 2.21. The lowest BCUT2D eigenvalue weighted by Crippen LogP contribution is -2.16. The van der Waals surface area contributed by atoms with Gasteiger partial charge in [-0.15, -0.1) is 0 Å². The van der Waals surface area contributed by atoms with E-state index in [0.717, 1.165) is 12.6 Å². The molecular formula is C15H16FN3O. The van der Waals surface area contributed by atoms with Gasteiger partial charge < -0.3 is 10.6 Å². The van der Waals surface area contributed by atoms with Gasteiger partial charge in [-0.1, -0.05) is 25.1 Å². The van der Waals surface area contributed by atoms with Crippen LogP contribution in [0.15, 0.2) is 42.6 Å². The fourth-order valence-electron chi connectivity index (χ4n) is 1.72. The zero-order chi connectivity index (χ0) is 14.4. The van der Waals surface area contributed by atoms with Crippen LogP contribution in [0.5, 0.6) is 0 Å². The van der Waals surface area contributed by atoms with Gasteiger partial charge in [-0.2, -0.15) is 0 Å². The van der Waals surface area contributed by atoms with Crippen molar-refractivity contribution >= 4 is 17.4 Å². The number of hydrogen-bond acceptors (Lipinski definition) is 3. The number of anilines is 2. The minimum Gasteiger partial charge on any atom is -0.369 e. The monoisotopic (exact) mass is 273 g/mol. The highest BCUT2D eigenvalue weighted by Crippen LogP contribution is 2.16. The number of carbonyl (C=O) groups is 1. The van der Waals surface area contributed by atoms with E-state index in [0.29, 0.717) is 18.1 Å². The first-order valence-electron chi connectivity index (χ1n) is 6.46. The Morgan fingerprint density at radius 1 is 1.30 bits per heavy atom. The van der Waals surface area contributed by atoms with E-state index in [1.807, 2.05) is 25.1 Å². The third-order valence-electron chi connectivity index (χ3n) is 2.67. The summed E-state index contributed by atoms with van der Waals surface area (Å²) in [7, 11) is 0. The van der Waals surface area contributed by atoms with Gasteiger partial charge >= 0.3 is 0 Å². The van der Waals surface area contributed by atoms with E-state index >= 15 is 0 Å². The molecule has 20 heavy (non-hydrogen) atoms. The minimum atomic E-state index is -0.537. The van der Waals surface area contributed by atoms with Crippen molar-refractivity contribution < 1.29 is 9.18 Å². The molecule has 0 saturated heterocycles. The second-order valence-electron chi connectivity index (χ2n) is 4.30. The highest BCUT2D eigenvalue weighted by atomic mass is 19.1. The highest BCUT2D eigenvalue weighted by Gasteiger charge is 2.14. The molecule has 0 spiro atoms. The van der Waals surface area contributed by atoms with Crippen LogP contribution in [0.1, 0.15) is 23.7 Å². The Bertz CT molecular complexity index is 587. The third kappa shape index (κ3) is 3.54. The number of nitrogens with one attached hydrogen (secondary N) is 2. The molecule has 0 aliphatic heterocycles. The summed E-state index contributed by atoms with van der Waals surface area (Å²) in [6, 6.07) is 10.2. The molecule has 1 aromatic carbocycles. The highest BCUT2D eigenvalue weighted by molar-refractivity contribution is 6.07. The summed E-state index contributed by atoms with van der Waals surface area (Å²) in [5, 5.41) is 5.73. The van der Waals surface area contributed by atoms with Gasteiger partial charge in [0.2, 0.25) is 0 Å². The molecule has 0 saturated carbocycles. The van der Waals surface area contributed by atoms with Gasteiger partial charge in [0.25, 0.3) is 5.91 Å². The van der Waals surface area contributed by atoms with Gasteiger partial charge in [-0.25, -0.2) is 9.37 Å². The molecule has 4 nitrogen and oxygen atoms in total. The Morgan fingerprint density at radius 2 is 2.05 bits per heavy atom. The van der Waals surface area contributed by atoms with E-state index in [2.05, 4.69) is 15.6 Å². The Labute approximate surface area is 117 Å². The Morgan fingerprint density at radius 3 is 2.75 bits per heavy atom. The number of amides is 1. The molecule has 1 amide bonds. The van der Waals surface area contributed by atoms with Crippen LogP contribution < -0.4 is 10.6 Å². The Hall–Kier alpha value is -2.43. The van der Waals surface area contributed by atoms with E-state index in [9.17, 15) is 9.18 Å². The van der Waals surface area contributed by atoms with E-state index in [4.69, 9.17) is 0 Å². The van der Waals surface area contributed by atoms with E-state index in [1.54, 1.807) is 12.1 Å². The molecule has 0 aliphatic carbocycles. The first kappa shape index (κ1) is 14.0. The smallest absolute Gasteiger partial charge is 0.259 e. The maximum atomic E-state index is 13.3. The number of benzene rings is 1. The summed E-state index contributed by atoms with van der Waals surface area (Å²) < 4.78 is 13.3. The molecule has 0 aliphatic rings. The fraction of sp³-hybridized carbons (Fsp3) is 0.200. The lowest BCUT2D eigenvalue weighted by Gasteiger charge is -2.10. The van der Waals surface area contributed by atoms with Crippen LogP contribution in [-0.2, 0) is 0 Å². The van der Waals surface area contributed by atoms with Crippen molar-refractivity contribution in [3.05, 3.63) is 54.0 Å². The van der Waals surface area contributed by atoms with Crippen LogP contribution in [0.25, 0.3) is 0 Å². The quantitative estimate of drug-likeness (QED) is 0.879. The van der Waals surface area contributed by atoms with Crippen molar-refractivity contribution in [1.82, 2.24) is 4.98 Å². The standard InChI is InChI=1S/C15H16FN3O/c1-2-8-17-14-13(9-11(16)10-18-14)15(20)19-12-6-4-3-5-7-12/h3-7,9-10H,2,8H2,1H3,(H,17,18)(H,19,20). The van der Waals surface area contributed by atoms with Gasteiger partial charge in [0.15, 0.2) is 0 Å². The predicted molar refractivity (Wildman–Crippen MR) is 77.4 cm³/mol. The van der Waals surface area contributed by atoms with Crippen molar-refractivity contribution in [2.24, 2.45) is 0 Å². The van der Waals surface area contributed by atoms with Gasteiger partial charge in [0.05, 0.1) is 11.8 Å². The van der Waals surface area contributed by atoms with E-state index in [1.165, 1.54) is 6.07 Å². The fourth-order valence-corrected chi connectivity index (χ4v) is 1.72. The lowest BCUT2D eigenvalue weighted by molar-refractivity contribution is 0.102. The zero-order valence-corrected chi connectivity index (χ0v) is 11.2. The number of pyridine rings is 1.